The zero-order valence-electron chi connectivity index (χ0n) is 9.57. The maximum absolute atomic E-state index is 12.2. The Bertz CT molecular complexity index is 535. The third kappa shape index (κ3) is 2.49. The standard InChI is InChI=1S/C10H13N3O4S/c14-13(15)8-3-4-10(12-6-8)18(16,17)9-2-1-5-11-7-9/h3-4,6,9,11H,1-2,5,7H2/t9-/m0/s1. The highest BCUT2D eigenvalue weighted by Gasteiger charge is 2.30. The van der Waals surface area contributed by atoms with Crippen LogP contribution < -0.4 is 5.32 Å². The molecule has 1 saturated heterocycles. The van der Waals surface area contributed by atoms with Crippen LogP contribution in [0.2, 0.25) is 0 Å². The first kappa shape index (κ1) is 12.9. The van der Waals surface area contributed by atoms with E-state index >= 15 is 0 Å². The van der Waals surface area contributed by atoms with E-state index in [-0.39, 0.29) is 10.7 Å². The monoisotopic (exact) mass is 271 g/mol. The van der Waals surface area contributed by atoms with Crippen molar-refractivity contribution in [3.05, 3.63) is 28.4 Å². The van der Waals surface area contributed by atoms with Gasteiger partial charge in [-0.2, -0.15) is 0 Å². The first-order chi connectivity index (χ1) is 8.51. The Morgan fingerprint density at radius 2 is 2.22 bits per heavy atom. The normalized spacial score (nSPS) is 20.6. The molecule has 0 aromatic carbocycles. The van der Waals surface area contributed by atoms with Gasteiger partial charge in [-0.15, -0.1) is 0 Å². The van der Waals surface area contributed by atoms with Crippen molar-refractivity contribution in [1.29, 1.82) is 0 Å². The summed E-state index contributed by atoms with van der Waals surface area (Å²) in [5.41, 5.74) is -0.212. The molecule has 1 N–H and O–H groups in total. The first-order valence-corrected chi connectivity index (χ1v) is 7.11. The molecule has 1 aromatic heterocycles. The van der Waals surface area contributed by atoms with Crippen molar-refractivity contribution in [2.75, 3.05) is 13.1 Å². The van der Waals surface area contributed by atoms with Crippen molar-refractivity contribution in [2.24, 2.45) is 0 Å². The molecule has 98 valence electrons. The molecule has 0 unspecified atom stereocenters. The van der Waals surface area contributed by atoms with Crippen LogP contribution in [0.5, 0.6) is 0 Å². The number of piperidine rings is 1. The van der Waals surface area contributed by atoms with Crippen LogP contribution in [0.25, 0.3) is 0 Å². The third-order valence-electron chi connectivity index (χ3n) is 2.91. The van der Waals surface area contributed by atoms with Gasteiger partial charge in [-0.3, -0.25) is 10.1 Å². The Balaban J connectivity index is 2.26. The summed E-state index contributed by atoms with van der Waals surface area (Å²) in [4.78, 5) is 13.6. The molecule has 0 bridgehead atoms. The molecule has 2 rings (SSSR count). The van der Waals surface area contributed by atoms with Crippen LogP contribution in [0.15, 0.2) is 23.4 Å². The molecule has 2 heterocycles. The van der Waals surface area contributed by atoms with Gasteiger partial charge in [0.05, 0.1) is 10.2 Å². The van der Waals surface area contributed by atoms with Crippen molar-refractivity contribution in [3.63, 3.8) is 0 Å². The van der Waals surface area contributed by atoms with Crippen LogP contribution in [-0.2, 0) is 9.84 Å². The van der Waals surface area contributed by atoms with E-state index in [0.717, 1.165) is 25.2 Å². The smallest absolute Gasteiger partial charge is 0.287 e. The maximum Gasteiger partial charge on any atom is 0.287 e. The molecule has 18 heavy (non-hydrogen) atoms. The van der Waals surface area contributed by atoms with E-state index in [9.17, 15) is 18.5 Å². The van der Waals surface area contributed by atoms with Gasteiger partial charge in [-0.25, -0.2) is 13.4 Å². The number of rotatable bonds is 3. The summed E-state index contributed by atoms with van der Waals surface area (Å²) in [7, 11) is -3.50. The Kier molecular flexibility index (Phi) is 3.58. The predicted octanol–water partition coefficient (Wildman–Crippen LogP) is 0.515. The van der Waals surface area contributed by atoms with E-state index in [0.29, 0.717) is 13.0 Å². The molecule has 1 aliphatic rings. The van der Waals surface area contributed by atoms with E-state index < -0.39 is 20.0 Å². The van der Waals surface area contributed by atoms with Gasteiger partial charge < -0.3 is 5.32 Å². The fourth-order valence-corrected chi connectivity index (χ4v) is 3.52. The minimum Gasteiger partial charge on any atom is -0.315 e. The largest absolute Gasteiger partial charge is 0.315 e. The van der Waals surface area contributed by atoms with Crippen LogP contribution >= 0.6 is 0 Å². The van der Waals surface area contributed by atoms with Gasteiger partial charge >= 0.3 is 0 Å². The van der Waals surface area contributed by atoms with Gasteiger partial charge in [0, 0.05) is 12.6 Å². The van der Waals surface area contributed by atoms with Crippen molar-refractivity contribution in [3.8, 4) is 0 Å². The first-order valence-electron chi connectivity index (χ1n) is 5.57. The number of nitrogens with zero attached hydrogens (tertiary/aromatic N) is 2. The summed E-state index contributed by atoms with van der Waals surface area (Å²) >= 11 is 0. The molecule has 0 amide bonds. The Hall–Kier alpha value is -1.54. The molecule has 1 aromatic rings. The highest BCUT2D eigenvalue weighted by Crippen LogP contribution is 2.20. The lowest BCUT2D eigenvalue weighted by Crippen LogP contribution is -2.39. The molecule has 0 radical (unpaired) electrons. The number of nitro groups is 1. The molecule has 0 spiro atoms. The topological polar surface area (TPSA) is 102 Å². The lowest BCUT2D eigenvalue weighted by atomic mass is 10.2. The summed E-state index contributed by atoms with van der Waals surface area (Å²) in [6.07, 6.45) is 2.37. The van der Waals surface area contributed by atoms with Crippen LogP contribution in [0.3, 0.4) is 0 Å². The van der Waals surface area contributed by atoms with Crippen LogP contribution in [-0.4, -0.2) is 36.7 Å². The van der Waals surface area contributed by atoms with Crippen molar-refractivity contribution < 1.29 is 13.3 Å². The SMILES string of the molecule is O=[N+]([O-])c1ccc(S(=O)(=O)[C@H]2CCCNC2)nc1. The van der Waals surface area contributed by atoms with Crippen molar-refractivity contribution in [2.45, 2.75) is 23.1 Å². The van der Waals surface area contributed by atoms with Gasteiger partial charge in [0.2, 0.25) is 0 Å². The van der Waals surface area contributed by atoms with E-state index in [1.54, 1.807) is 0 Å². The fraction of sp³-hybridized carbons (Fsp3) is 0.500. The van der Waals surface area contributed by atoms with E-state index in [1.165, 1.54) is 6.07 Å². The molecular weight excluding hydrogens is 258 g/mol. The average molecular weight is 271 g/mol. The predicted molar refractivity (Wildman–Crippen MR) is 64.0 cm³/mol. The minimum absolute atomic E-state index is 0.0956. The van der Waals surface area contributed by atoms with Gasteiger partial charge in [-0.1, -0.05) is 0 Å². The Labute approximate surface area is 104 Å². The van der Waals surface area contributed by atoms with Crippen molar-refractivity contribution >= 4 is 15.5 Å². The zero-order chi connectivity index (χ0) is 13.2. The summed E-state index contributed by atoms with van der Waals surface area (Å²) in [6, 6.07) is 2.36. The number of sulfone groups is 1. The quantitative estimate of drug-likeness (QED) is 0.635. The number of hydrogen-bond acceptors (Lipinski definition) is 6. The second kappa shape index (κ2) is 4.99. The fourth-order valence-electron chi connectivity index (χ4n) is 1.90. The maximum atomic E-state index is 12.2. The summed E-state index contributed by atoms with van der Waals surface area (Å²) in [6.45, 7) is 1.22. The lowest BCUT2D eigenvalue weighted by Gasteiger charge is -2.22. The van der Waals surface area contributed by atoms with Gasteiger partial charge in [-0.05, 0) is 25.5 Å². The lowest BCUT2D eigenvalue weighted by molar-refractivity contribution is -0.385. The third-order valence-corrected chi connectivity index (χ3v) is 5.02. The Morgan fingerprint density at radius 1 is 1.44 bits per heavy atom. The summed E-state index contributed by atoms with van der Waals surface area (Å²) in [5, 5.41) is 12.9. The molecule has 8 heteroatoms. The molecule has 0 saturated carbocycles. The van der Waals surface area contributed by atoms with Crippen molar-refractivity contribution in [1.82, 2.24) is 10.3 Å². The van der Waals surface area contributed by atoms with Crippen LogP contribution in [0.4, 0.5) is 5.69 Å². The number of nitrogens with one attached hydrogen (secondary N) is 1. The highest BCUT2D eigenvalue weighted by atomic mass is 32.2. The van der Waals surface area contributed by atoms with E-state index in [2.05, 4.69) is 10.3 Å². The number of aromatic nitrogens is 1. The number of pyridine rings is 1. The second-order valence-corrected chi connectivity index (χ2v) is 6.30. The molecule has 7 nitrogen and oxygen atoms in total. The van der Waals surface area contributed by atoms with E-state index in [4.69, 9.17) is 0 Å². The Morgan fingerprint density at radius 3 is 2.72 bits per heavy atom. The number of hydrogen-bond donors (Lipinski definition) is 1. The average Bonchev–Trinajstić information content (AvgIpc) is 2.40. The van der Waals surface area contributed by atoms with Crippen LogP contribution in [0, 0.1) is 10.1 Å². The summed E-state index contributed by atoms with van der Waals surface area (Å²) < 4.78 is 24.4. The van der Waals surface area contributed by atoms with Gasteiger partial charge in [0.15, 0.2) is 14.9 Å². The molecule has 1 fully saturated rings. The van der Waals surface area contributed by atoms with Gasteiger partial charge in [0.1, 0.15) is 6.20 Å². The molecule has 1 atom stereocenters. The van der Waals surface area contributed by atoms with Crippen LogP contribution in [0.1, 0.15) is 12.8 Å². The molecule has 1 aliphatic heterocycles. The molecular formula is C10H13N3O4S. The molecule has 0 aliphatic carbocycles. The minimum atomic E-state index is -3.50. The zero-order valence-corrected chi connectivity index (χ0v) is 10.4. The van der Waals surface area contributed by atoms with Gasteiger partial charge in [0.25, 0.3) is 5.69 Å². The summed E-state index contributed by atoms with van der Waals surface area (Å²) in [5.74, 6) is 0. The second-order valence-electron chi connectivity index (χ2n) is 4.13. The highest BCUT2D eigenvalue weighted by molar-refractivity contribution is 7.92. The van der Waals surface area contributed by atoms with E-state index in [1.807, 2.05) is 0 Å².